The van der Waals surface area contributed by atoms with E-state index in [1.807, 2.05) is 0 Å². The normalized spacial score (nSPS) is 17.4. The minimum atomic E-state index is -0.184. The third-order valence-electron chi connectivity index (χ3n) is 3.02. The minimum absolute atomic E-state index is 0.0913. The van der Waals surface area contributed by atoms with Crippen LogP contribution in [0.15, 0.2) is 18.3 Å². The highest BCUT2D eigenvalue weighted by atomic mass is 19.1. The monoisotopic (exact) mass is 222 g/mol. The Morgan fingerprint density at radius 1 is 1.56 bits per heavy atom. The lowest BCUT2D eigenvalue weighted by molar-refractivity contribution is 0.441. The van der Waals surface area contributed by atoms with Gasteiger partial charge in [0.1, 0.15) is 5.82 Å². The number of rotatable bonds is 6. The number of aromatic nitrogens is 1. The summed E-state index contributed by atoms with van der Waals surface area (Å²) in [4.78, 5) is 4.17. The molecule has 1 aliphatic carbocycles. The number of halogens is 1. The summed E-state index contributed by atoms with van der Waals surface area (Å²) >= 11 is 0. The van der Waals surface area contributed by atoms with E-state index >= 15 is 0 Å². The van der Waals surface area contributed by atoms with E-state index in [4.69, 9.17) is 0 Å². The summed E-state index contributed by atoms with van der Waals surface area (Å²) in [5.74, 6) is 0.590. The van der Waals surface area contributed by atoms with Gasteiger partial charge >= 0.3 is 0 Å². The fourth-order valence-corrected chi connectivity index (χ4v) is 1.95. The summed E-state index contributed by atoms with van der Waals surface area (Å²) in [6.45, 7) is 3.05. The topological polar surface area (TPSA) is 24.9 Å². The van der Waals surface area contributed by atoms with E-state index in [-0.39, 0.29) is 11.9 Å². The number of nitrogens with one attached hydrogen (secondary N) is 1. The molecule has 0 aromatic carbocycles. The van der Waals surface area contributed by atoms with Crippen molar-refractivity contribution < 1.29 is 4.39 Å². The molecular weight excluding hydrogens is 203 g/mol. The first-order valence-electron chi connectivity index (χ1n) is 6.15. The molecule has 1 fully saturated rings. The lowest BCUT2D eigenvalue weighted by Gasteiger charge is -2.18. The Morgan fingerprint density at radius 3 is 3.00 bits per heavy atom. The standard InChI is InChI=1S/C13H19FN2/c1-2-7-15-12(9-10-5-6-10)13-11(14)4-3-8-16-13/h3-4,8,10,12,15H,2,5-7,9H2,1H3. The van der Waals surface area contributed by atoms with E-state index in [1.165, 1.54) is 18.9 Å². The Morgan fingerprint density at radius 2 is 2.38 bits per heavy atom. The summed E-state index contributed by atoms with van der Waals surface area (Å²) in [6, 6.07) is 3.23. The predicted molar refractivity (Wildman–Crippen MR) is 62.6 cm³/mol. The van der Waals surface area contributed by atoms with Gasteiger partial charge in [-0.05, 0) is 37.4 Å². The van der Waals surface area contributed by atoms with Crippen molar-refractivity contribution in [2.24, 2.45) is 5.92 Å². The van der Waals surface area contributed by atoms with Crippen molar-refractivity contribution in [2.45, 2.75) is 38.6 Å². The molecule has 1 unspecified atom stereocenters. The predicted octanol–water partition coefficient (Wildman–Crippen LogP) is 3.06. The van der Waals surface area contributed by atoms with Crippen LogP contribution < -0.4 is 5.32 Å². The van der Waals surface area contributed by atoms with Crippen molar-refractivity contribution in [1.82, 2.24) is 10.3 Å². The van der Waals surface area contributed by atoms with E-state index in [0.717, 1.165) is 25.3 Å². The van der Waals surface area contributed by atoms with Crippen LogP contribution in [0.4, 0.5) is 4.39 Å². The Kier molecular flexibility index (Phi) is 3.88. The highest BCUT2D eigenvalue weighted by molar-refractivity contribution is 5.12. The molecule has 1 heterocycles. The van der Waals surface area contributed by atoms with Crippen molar-refractivity contribution in [3.05, 3.63) is 29.8 Å². The van der Waals surface area contributed by atoms with E-state index < -0.39 is 0 Å². The highest BCUT2D eigenvalue weighted by Crippen LogP contribution is 2.37. The van der Waals surface area contributed by atoms with Crippen LogP contribution in [-0.4, -0.2) is 11.5 Å². The van der Waals surface area contributed by atoms with Crippen LogP contribution in [0.2, 0.25) is 0 Å². The number of nitrogens with zero attached hydrogens (tertiary/aromatic N) is 1. The molecule has 0 radical (unpaired) electrons. The number of hydrogen-bond donors (Lipinski definition) is 1. The van der Waals surface area contributed by atoms with Crippen molar-refractivity contribution in [3.63, 3.8) is 0 Å². The fraction of sp³-hybridized carbons (Fsp3) is 0.615. The zero-order chi connectivity index (χ0) is 11.4. The summed E-state index contributed by atoms with van der Waals surface area (Å²) in [6.07, 6.45) is 6.34. The van der Waals surface area contributed by atoms with Gasteiger partial charge in [-0.2, -0.15) is 0 Å². The molecule has 88 valence electrons. The molecule has 3 heteroatoms. The van der Waals surface area contributed by atoms with Crippen molar-refractivity contribution in [3.8, 4) is 0 Å². The van der Waals surface area contributed by atoms with Gasteiger partial charge in [-0.25, -0.2) is 4.39 Å². The van der Waals surface area contributed by atoms with Gasteiger partial charge in [0.15, 0.2) is 0 Å². The van der Waals surface area contributed by atoms with Crippen LogP contribution in [-0.2, 0) is 0 Å². The molecule has 0 bridgehead atoms. The van der Waals surface area contributed by atoms with Gasteiger partial charge < -0.3 is 5.32 Å². The smallest absolute Gasteiger partial charge is 0.146 e. The minimum Gasteiger partial charge on any atom is -0.309 e. The zero-order valence-electron chi connectivity index (χ0n) is 9.75. The first kappa shape index (κ1) is 11.5. The maximum Gasteiger partial charge on any atom is 0.146 e. The van der Waals surface area contributed by atoms with Gasteiger partial charge in [0.25, 0.3) is 0 Å². The number of hydrogen-bond acceptors (Lipinski definition) is 2. The van der Waals surface area contributed by atoms with Gasteiger partial charge in [-0.15, -0.1) is 0 Å². The molecule has 1 N–H and O–H groups in total. The molecule has 1 aromatic heterocycles. The molecule has 16 heavy (non-hydrogen) atoms. The van der Waals surface area contributed by atoms with Crippen LogP contribution in [0.3, 0.4) is 0 Å². The largest absolute Gasteiger partial charge is 0.309 e. The van der Waals surface area contributed by atoms with Crippen LogP contribution in [0, 0.1) is 11.7 Å². The Labute approximate surface area is 96.3 Å². The van der Waals surface area contributed by atoms with Crippen LogP contribution in [0.25, 0.3) is 0 Å². The quantitative estimate of drug-likeness (QED) is 0.800. The first-order chi connectivity index (χ1) is 7.81. The van der Waals surface area contributed by atoms with Gasteiger partial charge in [-0.3, -0.25) is 4.98 Å². The van der Waals surface area contributed by atoms with Crippen molar-refractivity contribution in [1.29, 1.82) is 0 Å². The van der Waals surface area contributed by atoms with E-state index in [1.54, 1.807) is 12.3 Å². The second-order valence-corrected chi connectivity index (χ2v) is 4.56. The van der Waals surface area contributed by atoms with Crippen molar-refractivity contribution >= 4 is 0 Å². The molecule has 1 aromatic rings. The second-order valence-electron chi connectivity index (χ2n) is 4.56. The lowest BCUT2D eigenvalue weighted by atomic mass is 10.1. The summed E-state index contributed by atoms with van der Waals surface area (Å²) in [7, 11) is 0. The zero-order valence-corrected chi connectivity index (χ0v) is 9.75. The molecule has 2 rings (SSSR count). The SMILES string of the molecule is CCCNC(CC1CC1)c1ncccc1F. The molecule has 0 aliphatic heterocycles. The molecule has 1 atom stereocenters. The Bertz CT molecular complexity index is 336. The van der Waals surface area contributed by atoms with Crippen LogP contribution in [0.1, 0.15) is 44.3 Å². The van der Waals surface area contributed by atoms with Gasteiger partial charge in [0, 0.05) is 6.20 Å². The third-order valence-corrected chi connectivity index (χ3v) is 3.02. The van der Waals surface area contributed by atoms with Crippen LogP contribution >= 0.6 is 0 Å². The van der Waals surface area contributed by atoms with Crippen LogP contribution in [0.5, 0.6) is 0 Å². The van der Waals surface area contributed by atoms with E-state index in [2.05, 4.69) is 17.2 Å². The first-order valence-corrected chi connectivity index (χ1v) is 6.15. The Balaban J connectivity index is 2.06. The van der Waals surface area contributed by atoms with E-state index in [9.17, 15) is 4.39 Å². The lowest BCUT2D eigenvalue weighted by Crippen LogP contribution is -2.24. The maximum atomic E-state index is 13.6. The summed E-state index contributed by atoms with van der Waals surface area (Å²) in [5, 5.41) is 3.40. The van der Waals surface area contributed by atoms with Gasteiger partial charge in [-0.1, -0.05) is 19.8 Å². The second kappa shape index (κ2) is 5.39. The molecule has 0 saturated heterocycles. The average molecular weight is 222 g/mol. The summed E-state index contributed by atoms with van der Waals surface area (Å²) in [5.41, 5.74) is 0.586. The molecule has 0 spiro atoms. The average Bonchev–Trinajstić information content (AvgIpc) is 3.09. The molecular formula is C13H19FN2. The summed E-state index contributed by atoms with van der Waals surface area (Å²) < 4.78 is 13.6. The van der Waals surface area contributed by atoms with Crippen molar-refractivity contribution in [2.75, 3.05) is 6.54 Å². The molecule has 1 saturated carbocycles. The van der Waals surface area contributed by atoms with Gasteiger partial charge in [0.05, 0.1) is 11.7 Å². The van der Waals surface area contributed by atoms with E-state index in [0.29, 0.717) is 5.69 Å². The molecule has 1 aliphatic rings. The number of pyridine rings is 1. The van der Waals surface area contributed by atoms with Gasteiger partial charge in [0.2, 0.25) is 0 Å². The Hall–Kier alpha value is -0.960. The highest BCUT2D eigenvalue weighted by Gasteiger charge is 2.27. The molecule has 2 nitrogen and oxygen atoms in total. The fourth-order valence-electron chi connectivity index (χ4n) is 1.95. The molecule has 0 amide bonds. The maximum absolute atomic E-state index is 13.6. The third kappa shape index (κ3) is 3.01.